The zero-order chi connectivity index (χ0) is 15.6. The van der Waals surface area contributed by atoms with Gasteiger partial charge >= 0.3 is 5.97 Å². The summed E-state index contributed by atoms with van der Waals surface area (Å²) in [5.41, 5.74) is 3.06. The average Bonchev–Trinajstić information content (AvgIpc) is 2.68. The minimum absolute atomic E-state index is 0.0205. The first-order valence-electron chi connectivity index (χ1n) is 6.83. The van der Waals surface area contributed by atoms with Crippen molar-refractivity contribution in [2.45, 2.75) is 27.7 Å². The van der Waals surface area contributed by atoms with E-state index in [4.69, 9.17) is 9.47 Å². The summed E-state index contributed by atoms with van der Waals surface area (Å²) in [4.78, 5) is 24.0. The van der Waals surface area contributed by atoms with Crippen molar-refractivity contribution in [3.63, 3.8) is 0 Å². The monoisotopic (exact) mass is 286 g/mol. The molecule has 1 aliphatic heterocycles. The normalized spacial score (nSPS) is 16.4. The zero-order valence-electron chi connectivity index (χ0n) is 12.6. The van der Waals surface area contributed by atoms with Gasteiger partial charge in [-0.25, -0.2) is 4.79 Å². The molecule has 0 radical (unpaired) electrons. The second kappa shape index (κ2) is 5.95. The van der Waals surface area contributed by atoms with Crippen LogP contribution in [0.4, 0.5) is 0 Å². The topological polar surface area (TPSA) is 52.6 Å². The Labute approximate surface area is 124 Å². The number of carbonyl (C=O) groups excluding carboxylic acids is 2. The summed E-state index contributed by atoms with van der Waals surface area (Å²) in [7, 11) is 0. The molecule has 1 aromatic rings. The zero-order valence-corrected chi connectivity index (χ0v) is 12.6. The number of benzene rings is 1. The lowest BCUT2D eigenvalue weighted by atomic mass is 10.0. The van der Waals surface area contributed by atoms with Crippen molar-refractivity contribution in [1.82, 2.24) is 0 Å². The number of ether oxygens (including phenoxy) is 2. The fraction of sp³-hybridized carbons (Fsp3) is 0.294. The van der Waals surface area contributed by atoms with E-state index >= 15 is 0 Å². The van der Waals surface area contributed by atoms with Crippen LogP contribution in [0, 0.1) is 13.8 Å². The maximum absolute atomic E-state index is 12.3. The summed E-state index contributed by atoms with van der Waals surface area (Å²) in [6, 6.07) is 5.91. The van der Waals surface area contributed by atoms with Crippen LogP contribution in [0.3, 0.4) is 0 Å². The van der Waals surface area contributed by atoms with E-state index in [1.165, 1.54) is 0 Å². The SMILES string of the molecule is CCOC(=O)C1=C(C)O/C(=C\c2ccc(C)cc2C)C1=O. The molecule has 0 unspecified atom stereocenters. The largest absolute Gasteiger partial charge is 0.462 e. The molecule has 0 amide bonds. The molecule has 1 heterocycles. The first-order valence-corrected chi connectivity index (χ1v) is 6.83. The van der Waals surface area contributed by atoms with Crippen LogP contribution in [0.5, 0.6) is 0 Å². The molecule has 0 aromatic heterocycles. The minimum atomic E-state index is -0.635. The Balaban J connectivity index is 2.31. The lowest BCUT2D eigenvalue weighted by molar-refractivity contribution is -0.139. The van der Waals surface area contributed by atoms with Crippen LogP contribution < -0.4 is 0 Å². The predicted molar refractivity (Wildman–Crippen MR) is 79.3 cm³/mol. The lowest BCUT2D eigenvalue weighted by Crippen LogP contribution is -2.14. The van der Waals surface area contributed by atoms with Crippen molar-refractivity contribution in [2.24, 2.45) is 0 Å². The van der Waals surface area contributed by atoms with Gasteiger partial charge in [0.15, 0.2) is 5.76 Å². The summed E-state index contributed by atoms with van der Waals surface area (Å²) in [6.07, 6.45) is 1.66. The third-order valence-corrected chi connectivity index (χ3v) is 3.26. The molecule has 4 heteroatoms. The van der Waals surface area contributed by atoms with Crippen molar-refractivity contribution in [3.05, 3.63) is 52.0 Å². The number of carbonyl (C=O) groups is 2. The Hall–Kier alpha value is -2.36. The van der Waals surface area contributed by atoms with Crippen LogP contribution in [-0.4, -0.2) is 18.4 Å². The highest BCUT2D eigenvalue weighted by Crippen LogP contribution is 2.27. The molecule has 110 valence electrons. The molecule has 0 bridgehead atoms. The highest BCUT2D eigenvalue weighted by Gasteiger charge is 2.34. The van der Waals surface area contributed by atoms with E-state index in [1.54, 1.807) is 19.9 Å². The van der Waals surface area contributed by atoms with Gasteiger partial charge in [-0.2, -0.15) is 0 Å². The molecular weight excluding hydrogens is 268 g/mol. The Morgan fingerprint density at radius 1 is 1.29 bits per heavy atom. The van der Waals surface area contributed by atoms with Crippen LogP contribution in [0.25, 0.3) is 6.08 Å². The molecule has 0 spiro atoms. The van der Waals surface area contributed by atoms with E-state index in [2.05, 4.69) is 0 Å². The highest BCUT2D eigenvalue weighted by molar-refractivity contribution is 6.26. The highest BCUT2D eigenvalue weighted by atomic mass is 16.5. The molecule has 0 N–H and O–H groups in total. The number of Topliss-reactive ketones (excluding diaryl/α,β-unsaturated/α-hetero) is 1. The molecule has 0 saturated carbocycles. The summed E-state index contributed by atoms with van der Waals surface area (Å²) < 4.78 is 10.3. The summed E-state index contributed by atoms with van der Waals surface area (Å²) in [5, 5.41) is 0. The van der Waals surface area contributed by atoms with Crippen molar-refractivity contribution in [3.8, 4) is 0 Å². The Kier molecular flexibility index (Phi) is 4.26. The number of aryl methyl sites for hydroxylation is 2. The number of ketones is 1. The average molecular weight is 286 g/mol. The smallest absolute Gasteiger partial charge is 0.345 e. The second-order valence-electron chi connectivity index (χ2n) is 4.95. The summed E-state index contributed by atoms with van der Waals surface area (Å²) in [5.74, 6) is -0.619. The van der Waals surface area contributed by atoms with E-state index in [0.717, 1.165) is 16.7 Å². The van der Waals surface area contributed by atoms with E-state index in [0.29, 0.717) is 0 Å². The predicted octanol–water partition coefficient (Wildman–Crippen LogP) is 3.08. The molecule has 0 aliphatic carbocycles. The molecule has 0 atom stereocenters. The third kappa shape index (κ3) is 3.05. The number of rotatable bonds is 3. The standard InChI is InChI=1S/C17H18O4/c1-5-20-17(19)15-12(4)21-14(16(15)18)9-13-7-6-10(2)8-11(13)3/h6-9H,5H2,1-4H3/b14-9-. The van der Waals surface area contributed by atoms with Gasteiger partial charge in [-0.05, 0) is 44.9 Å². The third-order valence-electron chi connectivity index (χ3n) is 3.26. The van der Waals surface area contributed by atoms with E-state index in [1.807, 2.05) is 32.0 Å². The second-order valence-corrected chi connectivity index (χ2v) is 4.95. The number of allylic oxidation sites excluding steroid dienone is 2. The van der Waals surface area contributed by atoms with Gasteiger partial charge in [0.05, 0.1) is 6.61 Å². The van der Waals surface area contributed by atoms with Crippen molar-refractivity contribution < 1.29 is 19.1 Å². The van der Waals surface area contributed by atoms with Gasteiger partial charge in [-0.1, -0.05) is 23.8 Å². The first kappa shape index (κ1) is 15.0. The van der Waals surface area contributed by atoms with Crippen molar-refractivity contribution >= 4 is 17.8 Å². The fourth-order valence-corrected chi connectivity index (χ4v) is 2.21. The maximum Gasteiger partial charge on any atom is 0.345 e. The molecule has 0 fully saturated rings. The van der Waals surface area contributed by atoms with Gasteiger partial charge in [-0.15, -0.1) is 0 Å². The van der Waals surface area contributed by atoms with Gasteiger partial charge in [0.25, 0.3) is 0 Å². The molecule has 1 aromatic carbocycles. The summed E-state index contributed by atoms with van der Waals surface area (Å²) >= 11 is 0. The van der Waals surface area contributed by atoms with Crippen molar-refractivity contribution in [1.29, 1.82) is 0 Å². The van der Waals surface area contributed by atoms with E-state index in [9.17, 15) is 9.59 Å². The van der Waals surface area contributed by atoms with Crippen LogP contribution in [0.1, 0.15) is 30.5 Å². The van der Waals surface area contributed by atoms with Crippen LogP contribution >= 0.6 is 0 Å². The minimum Gasteiger partial charge on any atom is -0.462 e. The summed E-state index contributed by atoms with van der Waals surface area (Å²) in [6.45, 7) is 7.48. The molecule has 1 aliphatic rings. The number of hydrogen-bond donors (Lipinski definition) is 0. The Bertz CT molecular complexity index is 665. The number of hydrogen-bond acceptors (Lipinski definition) is 4. The number of esters is 1. The molecule has 21 heavy (non-hydrogen) atoms. The van der Waals surface area contributed by atoms with Gasteiger partial charge in [0.2, 0.25) is 5.78 Å². The lowest BCUT2D eigenvalue weighted by Gasteiger charge is -2.04. The van der Waals surface area contributed by atoms with Gasteiger partial charge < -0.3 is 9.47 Å². The van der Waals surface area contributed by atoms with Crippen LogP contribution in [0.2, 0.25) is 0 Å². The maximum atomic E-state index is 12.3. The Morgan fingerprint density at radius 3 is 2.62 bits per heavy atom. The Morgan fingerprint density at radius 2 is 2.00 bits per heavy atom. The van der Waals surface area contributed by atoms with E-state index < -0.39 is 11.8 Å². The molecular formula is C17H18O4. The van der Waals surface area contributed by atoms with Gasteiger partial charge in [0.1, 0.15) is 11.3 Å². The quantitative estimate of drug-likeness (QED) is 0.487. The van der Waals surface area contributed by atoms with Crippen LogP contribution in [-0.2, 0) is 19.1 Å². The first-order chi connectivity index (χ1) is 9.93. The van der Waals surface area contributed by atoms with Crippen molar-refractivity contribution in [2.75, 3.05) is 6.61 Å². The van der Waals surface area contributed by atoms with E-state index in [-0.39, 0.29) is 23.7 Å². The van der Waals surface area contributed by atoms with Gasteiger partial charge in [-0.3, -0.25) is 4.79 Å². The molecule has 0 saturated heterocycles. The molecule has 4 nitrogen and oxygen atoms in total. The fourth-order valence-electron chi connectivity index (χ4n) is 2.21. The van der Waals surface area contributed by atoms with Crippen LogP contribution in [0.15, 0.2) is 35.3 Å². The van der Waals surface area contributed by atoms with Gasteiger partial charge in [0, 0.05) is 0 Å². The molecule has 2 rings (SSSR count).